The third kappa shape index (κ3) is 2.79. The van der Waals surface area contributed by atoms with E-state index in [0.29, 0.717) is 16.2 Å². The summed E-state index contributed by atoms with van der Waals surface area (Å²) in [6.07, 6.45) is -0.290. The Hall–Kier alpha value is -1.63. The second kappa shape index (κ2) is 5.34. The highest BCUT2D eigenvalue weighted by atomic mass is 79.9. The number of carbonyl (C=O) groups is 2. The number of ether oxygens (including phenoxy) is 2. The van der Waals surface area contributed by atoms with Crippen molar-refractivity contribution in [2.45, 2.75) is 18.9 Å². The molecule has 18 heavy (non-hydrogen) atoms. The molecule has 0 fully saturated rings. The maximum absolute atomic E-state index is 11.7. The summed E-state index contributed by atoms with van der Waals surface area (Å²) >= 11 is 3.21. The van der Waals surface area contributed by atoms with Crippen LogP contribution in [0.5, 0.6) is 5.75 Å². The van der Waals surface area contributed by atoms with Crippen molar-refractivity contribution < 1.29 is 19.1 Å². The molecular formula is C11H11BrN2O4. The van der Waals surface area contributed by atoms with Gasteiger partial charge in [-0.2, -0.15) is 0 Å². The highest BCUT2D eigenvalue weighted by Gasteiger charge is 2.29. The minimum atomic E-state index is -0.695. The van der Waals surface area contributed by atoms with Crippen molar-refractivity contribution in [2.24, 2.45) is 0 Å². The minimum absolute atomic E-state index is 0.133. The lowest BCUT2D eigenvalue weighted by Crippen LogP contribution is -2.37. The normalized spacial score (nSPS) is 17.4. The lowest BCUT2D eigenvalue weighted by atomic mass is 10.1. The zero-order valence-electron chi connectivity index (χ0n) is 9.60. The molecule has 7 heteroatoms. The van der Waals surface area contributed by atoms with E-state index in [1.54, 1.807) is 12.1 Å². The molecule has 6 nitrogen and oxygen atoms in total. The predicted molar refractivity (Wildman–Crippen MR) is 66.2 cm³/mol. The van der Waals surface area contributed by atoms with Crippen LogP contribution in [0.3, 0.4) is 0 Å². The second-order valence-electron chi connectivity index (χ2n) is 3.69. The van der Waals surface area contributed by atoms with Crippen molar-refractivity contribution in [1.29, 1.82) is 0 Å². The zero-order valence-corrected chi connectivity index (χ0v) is 11.2. The summed E-state index contributed by atoms with van der Waals surface area (Å²) < 4.78 is 10.6. The van der Waals surface area contributed by atoms with Crippen molar-refractivity contribution in [2.75, 3.05) is 12.4 Å². The van der Waals surface area contributed by atoms with Gasteiger partial charge in [-0.15, -0.1) is 0 Å². The summed E-state index contributed by atoms with van der Waals surface area (Å²) in [5, 5.41) is 2.64. The number of carbonyl (C=O) groups excluding carboxylic acids is 2. The van der Waals surface area contributed by atoms with Gasteiger partial charge in [0.1, 0.15) is 4.60 Å². The number of anilines is 1. The first-order valence-corrected chi connectivity index (χ1v) is 6.10. The molecule has 0 saturated heterocycles. The topological polar surface area (TPSA) is 77.5 Å². The summed E-state index contributed by atoms with van der Waals surface area (Å²) in [6.45, 7) is 0. The number of pyridine rings is 1. The zero-order chi connectivity index (χ0) is 13.1. The molecule has 1 aromatic rings. The Balaban J connectivity index is 2.06. The Kier molecular flexibility index (Phi) is 3.81. The van der Waals surface area contributed by atoms with Gasteiger partial charge in [-0.3, -0.25) is 9.59 Å². The number of hydrogen-bond donors (Lipinski definition) is 1. The van der Waals surface area contributed by atoms with Gasteiger partial charge >= 0.3 is 5.97 Å². The fourth-order valence-electron chi connectivity index (χ4n) is 1.55. The lowest BCUT2D eigenvalue weighted by molar-refractivity contribution is -0.141. The molecule has 0 spiro atoms. The van der Waals surface area contributed by atoms with E-state index in [1.807, 2.05) is 0 Å². The largest absolute Gasteiger partial charge is 0.477 e. The van der Waals surface area contributed by atoms with E-state index in [1.165, 1.54) is 7.11 Å². The molecule has 0 radical (unpaired) electrons. The van der Waals surface area contributed by atoms with Crippen LogP contribution in [-0.2, 0) is 14.3 Å². The van der Waals surface area contributed by atoms with Gasteiger partial charge in [-0.25, -0.2) is 4.98 Å². The number of nitrogens with one attached hydrogen (secondary N) is 1. The average molecular weight is 315 g/mol. The number of amides is 1. The Morgan fingerprint density at radius 1 is 1.61 bits per heavy atom. The number of esters is 1. The number of fused-ring (bicyclic) bond motifs is 1. The van der Waals surface area contributed by atoms with Gasteiger partial charge in [0, 0.05) is 12.8 Å². The highest BCUT2D eigenvalue weighted by Crippen LogP contribution is 2.30. The minimum Gasteiger partial charge on any atom is -0.477 e. The predicted octanol–water partition coefficient (Wildman–Crippen LogP) is 1.50. The SMILES string of the molecule is COC(=O)CCC1Oc2ccc(Br)nc2NC1=O. The van der Waals surface area contributed by atoms with Crippen LogP contribution in [0, 0.1) is 0 Å². The van der Waals surface area contributed by atoms with Crippen LogP contribution in [-0.4, -0.2) is 30.1 Å². The quantitative estimate of drug-likeness (QED) is 0.675. The van der Waals surface area contributed by atoms with Gasteiger partial charge in [0.25, 0.3) is 5.91 Å². The number of aromatic nitrogens is 1. The molecular weight excluding hydrogens is 304 g/mol. The average Bonchev–Trinajstić information content (AvgIpc) is 2.35. The molecule has 0 bridgehead atoms. The van der Waals surface area contributed by atoms with Crippen LogP contribution in [0.15, 0.2) is 16.7 Å². The standard InChI is InChI=1S/C11H11BrN2O4/c1-17-9(15)5-3-7-11(16)14-10-6(18-7)2-4-8(12)13-10/h2,4,7H,3,5H2,1H3,(H,13,14,16). The van der Waals surface area contributed by atoms with E-state index in [4.69, 9.17) is 4.74 Å². The van der Waals surface area contributed by atoms with Crippen molar-refractivity contribution in [3.8, 4) is 5.75 Å². The highest BCUT2D eigenvalue weighted by molar-refractivity contribution is 9.10. The molecule has 1 unspecified atom stereocenters. The van der Waals surface area contributed by atoms with E-state index < -0.39 is 6.10 Å². The van der Waals surface area contributed by atoms with Crippen LogP contribution in [0.2, 0.25) is 0 Å². The Morgan fingerprint density at radius 2 is 2.39 bits per heavy atom. The first-order valence-electron chi connectivity index (χ1n) is 5.31. The molecule has 1 atom stereocenters. The van der Waals surface area contributed by atoms with Crippen molar-refractivity contribution in [1.82, 2.24) is 4.98 Å². The number of hydrogen-bond acceptors (Lipinski definition) is 5. The smallest absolute Gasteiger partial charge is 0.305 e. The molecule has 96 valence electrons. The van der Waals surface area contributed by atoms with Crippen LogP contribution in [0.4, 0.5) is 5.82 Å². The van der Waals surface area contributed by atoms with Crippen LogP contribution >= 0.6 is 15.9 Å². The van der Waals surface area contributed by atoms with E-state index in [-0.39, 0.29) is 24.7 Å². The van der Waals surface area contributed by atoms with E-state index >= 15 is 0 Å². The molecule has 1 aromatic heterocycles. The molecule has 2 rings (SSSR count). The maximum Gasteiger partial charge on any atom is 0.305 e. The summed E-state index contributed by atoms with van der Waals surface area (Å²) in [6, 6.07) is 3.42. The van der Waals surface area contributed by atoms with Gasteiger partial charge < -0.3 is 14.8 Å². The molecule has 0 aromatic carbocycles. The summed E-state index contributed by atoms with van der Waals surface area (Å²) in [5.74, 6) is 0.194. The molecule has 2 heterocycles. The lowest BCUT2D eigenvalue weighted by Gasteiger charge is -2.24. The molecule has 1 aliphatic heterocycles. The van der Waals surface area contributed by atoms with Crippen molar-refractivity contribution >= 4 is 33.6 Å². The van der Waals surface area contributed by atoms with Gasteiger partial charge in [0.05, 0.1) is 7.11 Å². The maximum atomic E-state index is 11.7. The van der Waals surface area contributed by atoms with Crippen molar-refractivity contribution in [3.63, 3.8) is 0 Å². The Bertz CT molecular complexity index is 492. The van der Waals surface area contributed by atoms with Crippen LogP contribution < -0.4 is 10.1 Å². The van der Waals surface area contributed by atoms with E-state index in [2.05, 4.69) is 31.0 Å². The molecule has 1 N–H and O–H groups in total. The molecule has 0 saturated carbocycles. The van der Waals surface area contributed by atoms with E-state index in [9.17, 15) is 9.59 Å². The van der Waals surface area contributed by atoms with Gasteiger partial charge in [-0.1, -0.05) is 0 Å². The number of rotatable bonds is 3. The monoisotopic (exact) mass is 314 g/mol. The fraction of sp³-hybridized carbons (Fsp3) is 0.364. The summed E-state index contributed by atoms with van der Waals surface area (Å²) in [7, 11) is 1.31. The molecule has 1 aliphatic rings. The first kappa shape index (κ1) is 12.8. The third-order valence-electron chi connectivity index (χ3n) is 2.47. The van der Waals surface area contributed by atoms with Gasteiger partial charge in [-0.05, 0) is 28.1 Å². The Morgan fingerprint density at radius 3 is 3.11 bits per heavy atom. The van der Waals surface area contributed by atoms with Gasteiger partial charge in [0.15, 0.2) is 17.7 Å². The van der Waals surface area contributed by atoms with Crippen molar-refractivity contribution in [3.05, 3.63) is 16.7 Å². The number of halogens is 1. The number of nitrogens with zero attached hydrogens (tertiary/aromatic N) is 1. The first-order chi connectivity index (χ1) is 8.60. The molecule has 0 aliphatic carbocycles. The van der Waals surface area contributed by atoms with Gasteiger partial charge in [0.2, 0.25) is 0 Å². The van der Waals surface area contributed by atoms with E-state index in [0.717, 1.165) is 0 Å². The number of methoxy groups -OCH3 is 1. The summed E-state index contributed by atoms with van der Waals surface area (Å²) in [4.78, 5) is 26.8. The van der Waals surface area contributed by atoms with Crippen LogP contribution in [0.25, 0.3) is 0 Å². The molecule has 1 amide bonds. The second-order valence-corrected chi connectivity index (χ2v) is 4.50. The summed E-state index contributed by atoms with van der Waals surface area (Å²) in [5.41, 5.74) is 0. The Labute approximate surface area is 112 Å². The van der Waals surface area contributed by atoms with Crippen LogP contribution in [0.1, 0.15) is 12.8 Å². The fourth-order valence-corrected chi connectivity index (χ4v) is 1.86. The third-order valence-corrected chi connectivity index (χ3v) is 2.91.